The van der Waals surface area contributed by atoms with Crippen molar-refractivity contribution in [3.8, 4) is 17.2 Å². The van der Waals surface area contributed by atoms with E-state index in [1.165, 1.54) is 0 Å². The summed E-state index contributed by atoms with van der Waals surface area (Å²) in [5.74, 6) is 1.17. The van der Waals surface area contributed by atoms with Crippen LogP contribution >= 0.6 is 0 Å². The van der Waals surface area contributed by atoms with Crippen LogP contribution in [-0.2, 0) is 35.5 Å². The minimum Gasteiger partial charge on any atom is -0.493 e. The lowest BCUT2D eigenvalue weighted by atomic mass is 9.99. The molecule has 0 bridgehead atoms. The highest BCUT2D eigenvalue weighted by Crippen LogP contribution is 2.35. The zero-order valence-electron chi connectivity index (χ0n) is 19.4. The van der Waals surface area contributed by atoms with Crippen molar-refractivity contribution in [3.63, 3.8) is 0 Å². The van der Waals surface area contributed by atoms with E-state index in [0.717, 1.165) is 33.7 Å². The van der Waals surface area contributed by atoms with Crippen molar-refractivity contribution in [3.05, 3.63) is 70.6 Å². The van der Waals surface area contributed by atoms with Gasteiger partial charge in [0.1, 0.15) is 11.5 Å². The molecule has 0 radical (unpaired) electrons. The summed E-state index contributed by atoms with van der Waals surface area (Å²) in [4.78, 5) is 29.6. The first kappa shape index (κ1) is 23.4. The molecule has 0 aliphatic carbocycles. The van der Waals surface area contributed by atoms with Crippen molar-refractivity contribution in [2.24, 2.45) is 0 Å². The Morgan fingerprint density at radius 2 is 1.85 bits per heavy atom. The number of amides is 1. The maximum atomic E-state index is 12.3. The first-order chi connectivity index (χ1) is 16.5. The number of aliphatic carboxylic acids is 1. The monoisotopic (exact) mass is 464 g/mol. The van der Waals surface area contributed by atoms with Gasteiger partial charge >= 0.3 is 12.1 Å². The van der Waals surface area contributed by atoms with E-state index in [9.17, 15) is 9.59 Å². The number of aromatic nitrogens is 1. The van der Waals surface area contributed by atoms with Crippen LogP contribution < -0.4 is 4.74 Å². The number of rotatable bonds is 9. The number of carbonyl (C=O) groups excluding carboxylic acids is 1. The Balaban J connectivity index is 1.47. The van der Waals surface area contributed by atoms with Gasteiger partial charge in [0.15, 0.2) is 0 Å². The number of benzene rings is 2. The smallest absolute Gasteiger partial charge is 0.410 e. The van der Waals surface area contributed by atoms with Gasteiger partial charge in [-0.25, -0.2) is 9.78 Å². The van der Waals surface area contributed by atoms with Gasteiger partial charge in [0.05, 0.1) is 32.0 Å². The highest BCUT2D eigenvalue weighted by Gasteiger charge is 2.29. The van der Waals surface area contributed by atoms with Gasteiger partial charge in [-0.2, -0.15) is 0 Å². The van der Waals surface area contributed by atoms with Gasteiger partial charge in [-0.1, -0.05) is 24.3 Å². The Morgan fingerprint density at radius 3 is 2.59 bits per heavy atom. The van der Waals surface area contributed by atoms with Crippen molar-refractivity contribution in [1.29, 1.82) is 0 Å². The fourth-order valence-corrected chi connectivity index (χ4v) is 4.10. The van der Waals surface area contributed by atoms with Crippen molar-refractivity contribution >= 4 is 12.1 Å². The second-order valence-electron chi connectivity index (χ2n) is 8.12. The summed E-state index contributed by atoms with van der Waals surface area (Å²) < 4.78 is 17.1. The number of carboxylic acids is 1. The lowest BCUT2D eigenvalue weighted by Gasteiger charge is -2.14. The third kappa shape index (κ3) is 5.22. The van der Waals surface area contributed by atoms with E-state index in [2.05, 4.69) is 4.98 Å². The van der Waals surface area contributed by atoms with Crippen LogP contribution in [0.2, 0.25) is 0 Å². The number of hydrogen-bond donors (Lipinski definition) is 1. The van der Waals surface area contributed by atoms with Gasteiger partial charge in [-0.3, -0.25) is 9.69 Å². The number of fused-ring (bicyclic) bond motifs is 1. The minimum absolute atomic E-state index is 0.0290. The number of carbonyl (C=O) groups is 2. The van der Waals surface area contributed by atoms with Gasteiger partial charge in [-0.15, -0.1) is 0 Å². The Kier molecular flexibility index (Phi) is 7.15. The lowest BCUT2D eigenvalue weighted by Crippen LogP contribution is -2.26. The second kappa shape index (κ2) is 10.4. The van der Waals surface area contributed by atoms with Gasteiger partial charge in [0.25, 0.3) is 0 Å². The minimum atomic E-state index is -0.854. The number of aryl methyl sites for hydroxylation is 2. The zero-order chi connectivity index (χ0) is 24.1. The Bertz CT molecular complexity index is 1170. The summed E-state index contributed by atoms with van der Waals surface area (Å²) in [5, 5.41) is 9.09. The standard InChI is InChI=1S/C26H28N2O6/c1-3-32-26(31)28-15-20-18(10-12-24(29)30)9-11-23(21(20)16-28)33-14-13-22-17(2)34-25(27-22)19-7-5-4-6-8-19/h4-9,11H,3,10,12-16H2,1-2H3,(H,29,30). The van der Waals surface area contributed by atoms with Crippen molar-refractivity contribution < 1.29 is 28.6 Å². The maximum absolute atomic E-state index is 12.3. The molecule has 178 valence electrons. The van der Waals surface area contributed by atoms with E-state index in [1.54, 1.807) is 11.8 Å². The van der Waals surface area contributed by atoms with E-state index in [1.807, 2.05) is 49.4 Å². The zero-order valence-corrected chi connectivity index (χ0v) is 19.4. The largest absolute Gasteiger partial charge is 0.493 e. The van der Waals surface area contributed by atoms with E-state index in [4.69, 9.17) is 19.0 Å². The molecule has 0 saturated carbocycles. The highest BCUT2D eigenvalue weighted by atomic mass is 16.6. The topological polar surface area (TPSA) is 102 Å². The molecule has 0 fully saturated rings. The molecule has 0 unspecified atom stereocenters. The van der Waals surface area contributed by atoms with Crippen LogP contribution in [0, 0.1) is 6.92 Å². The molecule has 1 aliphatic heterocycles. The predicted molar refractivity (Wildman–Crippen MR) is 125 cm³/mol. The van der Waals surface area contributed by atoms with E-state index in [0.29, 0.717) is 50.8 Å². The molecule has 1 aliphatic rings. The van der Waals surface area contributed by atoms with Crippen LogP contribution in [0.3, 0.4) is 0 Å². The Labute approximate surface area is 198 Å². The molecular formula is C26H28N2O6. The average Bonchev–Trinajstić information content (AvgIpc) is 3.44. The van der Waals surface area contributed by atoms with Gasteiger partial charge in [0, 0.05) is 24.0 Å². The predicted octanol–water partition coefficient (Wildman–Crippen LogP) is 4.76. The molecule has 1 N–H and O–H groups in total. The Hall–Kier alpha value is -3.81. The molecule has 8 heteroatoms. The van der Waals surface area contributed by atoms with E-state index in [-0.39, 0.29) is 12.5 Å². The van der Waals surface area contributed by atoms with Gasteiger partial charge in [-0.05, 0) is 49.6 Å². The SMILES string of the molecule is CCOC(=O)N1Cc2c(CCC(=O)O)ccc(OCCc3nc(-c4ccccc4)oc3C)c2C1. The van der Waals surface area contributed by atoms with Crippen LogP contribution in [0.5, 0.6) is 5.75 Å². The maximum Gasteiger partial charge on any atom is 0.410 e. The normalized spacial score (nSPS) is 12.5. The molecule has 1 amide bonds. The molecule has 0 saturated heterocycles. The summed E-state index contributed by atoms with van der Waals surface area (Å²) in [6, 6.07) is 13.5. The third-order valence-electron chi connectivity index (χ3n) is 5.83. The van der Waals surface area contributed by atoms with Crippen LogP contribution in [0.1, 0.15) is 41.5 Å². The first-order valence-electron chi connectivity index (χ1n) is 11.4. The van der Waals surface area contributed by atoms with Crippen molar-refractivity contribution in [1.82, 2.24) is 9.88 Å². The number of ether oxygens (including phenoxy) is 2. The van der Waals surface area contributed by atoms with Gasteiger partial charge in [0.2, 0.25) is 5.89 Å². The highest BCUT2D eigenvalue weighted by molar-refractivity contribution is 5.70. The molecule has 0 spiro atoms. The van der Waals surface area contributed by atoms with Crippen molar-refractivity contribution in [2.75, 3.05) is 13.2 Å². The fourth-order valence-electron chi connectivity index (χ4n) is 4.10. The molecule has 2 heterocycles. The fraction of sp³-hybridized carbons (Fsp3) is 0.346. The molecule has 34 heavy (non-hydrogen) atoms. The van der Waals surface area contributed by atoms with Crippen LogP contribution in [0.15, 0.2) is 46.9 Å². The average molecular weight is 465 g/mol. The molecule has 1 aromatic heterocycles. The first-order valence-corrected chi connectivity index (χ1v) is 11.4. The third-order valence-corrected chi connectivity index (χ3v) is 5.83. The molecule has 8 nitrogen and oxygen atoms in total. The summed E-state index contributed by atoms with van der Waals surface area (Å²) in [6.45, 7) is 5.09. The quantitative estimate of drug-likeness (QED) is 0.487. The summed E-state index contributed by atoms with van der Waals surface area (Å²) in [6.07, 6.45) is 0.607. The van der Waals surface area contributed by atoms with Crippen LogP contribution in [0.25, 0.3) is 11.5 Å². The van der Waals surface area contributed by atoms with Gasteiger partial charge < -0.3 is 19.0 Å². The molecular weight excluding hydrogens is 436 g/mol. The number of carboxylic acid groups (broad SMARTS) is 1. The number of oxazole rings is 1. The van der Waals surface area contributed by atoms with Crippen LogP contribution in [-0.4, -0.2) is 40.3 Å². The summed E-state index contributed by atoms with van der Waals surface area (Å²) >= 11 is 0. The lowest BCUT2D eigenvalue weighted by molar-refractivity contribution is -0.136. The van der Waals surface area contributed by atoms with Crippen LogP contribution in [0.4, 0.5) is 4.79 Å². The number of nitrogens with zero attached hydrogens (tertiary/aromatic N) is 2. The summed E-state index contributed by atoms with van der Waals surface area (Å²) in [7, 11) is 0. The molecule has 0 atom stereocenters. The van der Waals surface area contributed by atoms with E-state index < -0.39 is 5.97 Å². The number of hydrogen-bond acceptors (Lipinski definition) is 6. The molecule has 2 aromatic carbocycles. The molecule has 4 rings (SSSR count). The Morgan fingerprint density at radius 1 is 1.09 bits per heavy atom. The second-order valence-corrected chi connectivity index (χ2v) is 8.12. The molecule has 3 aromatic rings. The van der Waals surface area contributed by atoms with Crippen molar-refractivity contribution in [2.45, 2.75) is 46.2 Å². The summed E-state index contributed by atoms with van der Waals surface area (Å²) in [5.41, 5.74) is 4.51. The van der Waals surface area contributed by atoms with E-state index >= 15 is 0 Å².